The van der Waals surface area contributed by atoms with Crippen LogP contribution in [-0.2, 0) is 0 Å². The Labute approximate surface area is 126 Å². The Morgan fingerprint density at radius 3 is 2.55 bits per heavy atom. The molecule has 1 heterocycles. The molecule has 2 atom stereocenters. The summed E-state index contributed by atoms with van der Waals surface area (Å²) in [5, 5.41) is 3.95. The van der Waals surface area contributed by atoms with E-state index in [1.54, 1.807) is 0 Å². The minimum absolute atomic E-state index is 0.461. The van der Waals surface area contributed by atoms with Gasteiger partial charge in [0.05, 0.1) is 0 Å². The molecule has 0 radical (unpaired) electrons. The lowest BCUT2D eigenvalue weighted by atomic mass is 9.78. The molecule has 1 N–H and O–H groups in total. The molecule has 0 aromatic heterocycles. The van der Waals surface area contributed by atoms with Gasteiger partial charge in [-0.1, -0.05) is 52.4 Å². The molecule has 2 aliphatic rings. The van der Waals surface area contributed by atoms with E-state index in [1.807, 2.05) is 0 Å². The number of unbranched alkanes of at least 4 members (excludes halogenated alkanes) is 2. The zero-order chi connectivity index (χ0) is 14.4. The Balaban J connectivity index is 1.94. The van der Waals surface area contributed by atoms with Gasteiger partial charge in [-0.3, -0.25) is 4.90 Å². The lowest BCUT2D eigenvalue weighted by Crippen LogP contribution is -2.66. The fourth-order valence-electron chi connectivity index (χ4n) is 4.30. The normalized spacial score (nSPS) is 28.6. The van der Waals surface area contributed by atoms with E-state index in [0.29, 0.717) is 5.54 Å². The van der Waals surface area contributed by atoms with Crippen LogP contribution in [0.3, 0.4) is 0 Å². The van der Waals surface area contributed by atoms with Gasteiger partial charge in [0.2, 0.25) is 0 Å². The summed E-state index contributed by atoms with van der Waals surface area (Å²) in [6, 6.07) is 1.53. The highest BCUT2D eigenvalue weighted by Gasteiger charge is 2.40. The molecule has 1 aliphatic carbocycles. The van der Waals surface area contributed by atoms with Gasteiger partial charge in [-0.05, 0) is 32.6 Å². The molecule has 2 rings (SSSR count). The molecule has 2 heteroatoms. The van der Waals surface area contributed by atoms with Crippen molar-refractivity contribution in [2.45, 2.75) is 103 Å². The summed E-state index contributed by atoms with van der Waals surface area (Å²) in [5.74, 6) is 0. The van der Waals surface area contributed by atoms with Gasteiger partial charge >= 0.3 is 0 Å². The molecule has 1 spiro atoms. The molecule has 0 aromatic carbocycles. The Morgan fingerprint density at radius 2 is 1.90 bits per heavy atom. The monoisotopic (exact) mass is 280 g/mol. The Kier molecular flexibility index (Phi) is 6.35. The van der Waals surface area contributed by atoms with E-state index < -0.39 is 0 Å². The maximum Gasteiger partial charge on any atom is 0.0309 e. The second kappa shape index (κ2) is 7.79. The van der Waals surface area contributed by atoms with E-state index >= 15 is 0 Å². The molecular weight excluding hydrogens is 244 g/mol. The molecule has 1 saturated heterocycles. The first-order valence-electron chi connectivity index (χ1n) is 9.21. The molecule has 2 fully saturated rings. The zero-order valence-electron chi connectivity index (χ0n) is 14.1. The van der Waals surface area contributed by atoms with Crippen LogP contribution in [0.25, 0.3) is 0 Å². The second-order valence-electron chi connectivity index (χ2n) is 7.30. The van der Waals surface area contributed by atoms with Gasteiger partial charge in [-0.2, -0.15) is 0 Å². The van der Waals surface area contributed by atoms with E-state index in [2.05, 4.69) is 31.0 Å². The van der Waals surface area contributed by atoms with Gasteiger partial charge in [0, 0.05) is 30.7 Å². The van der Waals surface area contributed by atoms with E-state index in [1.165, 1.54) is 77.3 Å². The first-order chi connectivity index (χ1) is 9.71. The number of nitrogens with one attached hydrogen (secondary N) is 1. The third kappa shape index (κ3) is 3.98. The van der Waals surface area contributed by atoms with Crippen molar-refractivity contribution in [1.82, 2.24) is 10.2 Å². The minimum Gasteiger partial charge on any atom is -0.308 e. The number of hydrogen-bond acceptors (Lipinski definition) is 2. The molecular formula is C18H36N2. The average Bonchev–Trinajstić information content (AvgIpc) is 2.48. The summed E-state index contributed by atoms with van der Waals surface area (Å²) < 4.78 is 0. The maximum absolute atomic E-state index is 3.95. The van der Waals surface area contributed by atoms with Gasteiger partial charge in [0.15, 0.2) is 0 Å². The van der Waals surface area contributed by atoms with Crippen LogP contribution >= 0.6 is 0 Å². The smallest absolute Gasteiger partial charge is 0.0309 e. The van der Waals surface area contributed by atoms with Crippen LogP contribution in [0, 0.1) is 0 Å². The van der Waals surface area contributed by atoms with Crippen LogP contribution < -0.4 is 5.32 Å². The van der Waals surface area contributed by atoms with Crippen LogP contribution in [0.1, 0.15) is 85.0 Å². The molecule has 0 amide bonds. The summed E-state index contributed by atoms with van der Waals surface area (Å²) in [7, 11) is 0. The van der Waals surface area contributed by atoms with Crippen molar-refractivity contribution < 1.29 is 0 Å². The topological polar surface area (TPSA) is 15.3 Å². The van der Waals surface area contributed by atoms with E-state index in [0.717, 1.165) is 12.1 Å². The lowest BCUT2D eigenvalue weighted by molar-refractivity contribution is 0.0244. The van der Waals surface area contributed by atoms with E-state index in [4.69, 9.17) is 0 Å². The third-order valence-corrected chi connectivity index (χ3v) is 5.74. The average molecular weight is 280 g/mol. The standard InChI is InChI=1S/C18H36N2/c1-4-6-8-11-16(3)20-15-18(12-9-7-10-13-18)19-14-17(20)5-2/h16-17,19H,4-15H2,1-3H3. The van der Waals surface area contributed by atoms with Crippen molar-refractivity contribution >= 4 is 0 Å². The van der Waals surface area contributed by atoms with Crippen LogP contribution in [0.4, 0.5) is 0 Å². The molecule has 20 heavy (non-hydrogen) atoms. The van der Waals surface area contributed by atoms with Gasteiger partial charge in [-0.15, -0.1) is 0 Å². The molecule has 118 valence electrons. The summed E-state index contributed by atoms with van der Waals surface area (Å²) >= 11 is 0. The van der Waals surface area contributed by atoms with Crippen molar-refractivity contribution in [2.24, 2.45) is 0 Å². The first-order valence-corrected chi connectivity index (χ1v) is 9.21. The third-order valence-electron chi connectivity index (χ3n) is 5.74. The van der Waals surface area contributed by atoms with E-state index in [-0.39, 0.29) is 0 Å². The molecule has 0 aromatic rings. The van der Waals surface area contributed by atoms with Crippen molar-refractivity contribution in [2.75, 3.05) is 13.1 Å². The van der Waals surface area contributed by atoms with Crippen LogP contribution in [0.2, 0.25) is 0 Å². The van der Waals surface area contributed by atoms with Crippen molar-refractivity contribution in [1.29, 1.82) is 0 Å². The Bertz CT molecular complexity index is 271. The lowest BCUT2D eigenvalue weighted by Gasteiger charge is -2.51. The van der Waals surface area contributed by atoms with Gasteiger partial charge in [0.1, 0.15) is 0 Å². The highest BCUT2D eigenvalue weighted by atomic mass is 15.3. The molecule has 1 aliphatic heterocycles. The molecule has 0 bridgehead atoms. The highest BCUT2D eigenvalue weighted by Crippen LogP contribution is 2.33. The van der Waals surface area contributed by atoms with Crippen molar-refractivity contribution in [3.8, 4) is 0 Å². The summed E-state index contributed by atoms with van der Waals surface area (Å²) in [6.45, 7) is 9.66. The predicted molar refractivity (Wildman–Crippen MR) is 88.2 cm³/mol. The van der Waals surface area contributed by atoms with Crippen LogP contribution in [-0.4, -0.2) is 35.6 Å². The minimum atomic E-state index is 0.461. The summed E-state index contributed by atoms with van der Waals surface area (Å²) in [5.41, 5.74) is 0.461. The van der Waals surface area contributed by atoms with E-state index in [9.17, 15) is 0 Å². The second-order valence-corrected chi connectivity index (χ2v) is 7.30. The van der Waals surface area contributed by atoms with Gasteiger partial charge in [0.25, 0.3) is 0 Å². The fraction of sp³-hybridized carbons (Fsp3) is 1.00. The quantitative estimate of drug-likeness (QED) is 0.728. The number of nitrogens with zero attached hydrogens (tertiary/aromatic N) is 1. The Morgan fingerprint density at radius 1 is 1.15 bits per heavy atom. The zero-order valence-corrected chi connectivity index (χ0v) is 14.1. The predicted octanol–water partition coefficient (Wildman–Crippen LogP) is 4.34. The highest BCUT2D eigenvalue weighted by molar-refractivity contribution is 5.00. The first kappa shape index (κ1) is 16.3. The molecule has 2 nitrogen and oxygen atoms in total. The van der Waals surface area contributed by atoms with Crippen LogP contribution in [0.5, 0.6) is 0 Å². The summed E-state index contributed by atoms with van der Waals surface area (Å²) in [6.07, 6.45) is 14.0. The van der Waals surface area contributed by atoms with Gasteiger partial charge < -0.3 is 5.32 Å². The van der Waals surface area contributed by atoms with Crippen LogP contribution in [0.15, 0.2) is 0 Å². The molecule has 1 saturated carbocycles. The van der Waals surface area contributed by atoms with Gasteiger partial charge in [-0.25, -0.2) is 0 Å². The largest absolute Gasteiger partial charge is 0.308 e. The number of hydrogen-bond donors (Lipinski definition) is 1. The Hall–Kier alpha value is -0.0800. The van der Waals surface area contributed by atoms with Crippen molar-refractivity contribution in [3.05, 3.63) is 0 Å². The maximum atomic E-state index is 3.95. The number of rotatable bonds is 6. The fourth-order valence-corrected chi connectivity index (χ4v) is 4.30. The SMILES string of the molecule is CCCCCC(C)N1CC2(CCCCC2)NCC1CC. The van der Waals surface area contributed by atoms with Crippen molar-refractivity contribution in [3.63, 3.8) is 0 Å². The summed E-state index contributed by atoms with van der Waals surface area (Å²) in [4.78, 5) is 2.86. The number of piperazine rings is 1. The molecule has 2 unspecified atom stereocenters.